The van der Waals surface area contributed by atoms with E-state index in [-0.39, 0.29) is 0 Å². The van der Waals surface area contributed by atoms with E-state index in [1.165, 1.54) is 18.4 Å². The summed E-state index contributed by atoms with van der Waals surface area (Å²) in [6, 6.07) is 0. The first-order valence-electron chi connectivity index (χ1n) is 6.49. The molecular formula is C15H24O. The molecule has 2 rings (SSSR count). The Morgan fingerprint density at radius 1 is 1.44 bits per heavy atom. The summed E-state index contributed by atoms with van der Waals surface area (Å²) in [7, 11) is 0. The van der Waals surface area contributed by atoms with Crippen molar-refractivity contribution in [1.29, 1.82) is 0 Å². The molecule has 0 aromatic rings. The van der Waals surface area contributed by atoms with Crippen LogP contribution in [-0.4, -0.2) is 10.7 Å². The van der Waals surface area contributed by atoms with Gasteiger partial charge in [-0.15, -0.1) is 0 Å². The Kier molecular flexibility index (Phi) is 3.00. The highest BCUT2D eigenvalue weighted by atomic mass is 16.3. The zero-order chi connectivity index (χ0) is 11.9. The topological polar surface area (TPSA) is 20.2 Å². The van der Waals surface area contributed by atoms with Crippen molar-refractivity contribution < 1.29 is 5.11 Å². The maximum atomic E-state index is 10.4. The minimum absolute atomic E-state index is 0.426. The summed E-state index contributed by atoms with van der Waals surface area (Å²) < 4.78 is 0. The van der Waals surface area contributed by atoms with Crippen LogP contribution in [-0.2, 0) is 0 Å². The summed E-state index contributed by atoms with van der Waals surface area (Å²) in [6.45, 7) is 10.5. The molecule has 0 heterocycles. The van der Waals surface area contributed by atoms with Crippen molar-refractivity contribution in [3.8, 4) is 0 Å². The largest absolute Gasteiger partial charge is 0.386 e. The third-order valence-corrected chi connectivity index (χ3v) is 4.58. The number of hydrogen-bond donors (Lipinski definition) is 1. The third-order valence-electron chi connectivity index (χ3n) is 4.58. The molecule has 5 atom stereocenters. The van der Waals surface area contributed by atoms with Crippen molar-refractivity contribution in [2.24, 2.45) is 23.7 Å². The molecule has 1 N–H and O–H groups in total. The van der Waals surface area contributed by atoms with Gasteiger partial charge in [-0.3, -0.25) is 0 Å². The summed E-state index contributed by atoms with van der Waals surface area (Å²) in [6.07, 6.45) is 7.84. The van der Waals surface area contributed by atoms with Crippen molar-refractivity contribution in [1.82, 2.24) is 0 Å². The molecule has 1 unspecified atom stereocenters. The minimum Gasteiger partial charge on any atom is -0.386 e. The van der Waals surface area contributed by atoms with Crippen LogP contribution in [0.2, 0.25) is 0 Å². The van der Waals surface area contributed by atoms with Gasteiger partial charge in [-0.25, -0.2) is 0 Å². The SMILES string of the molecule is C=C(C)C1C=C[C@](C)(O)[C@@H]2CC[C@H](C)C[C@@H]12. The van der Waals surface area contributed by atoms with Crippen molar-refractivity contribution in [3.63, 3.8) is 0 Å². The lowest BCUT2D eigenvalue weighted by Gasteiger charge is -2.47. The monoisotopic (exact) mass is 220 g/mol. The second kappa shape index (κ2) is 4.03. The maximum Gasteiger partial charge on any atom is 0.0830 e. The average molecular weight is 220 g/mol. The lowest BCUT2D eigenvalue weighted by Crippen LogP contribution is -2.46. The van der Waals surface area contributed by atoms with E-state index in [2.05, 4.69) is 26.5 Å². The minimum atomic E-state index is -0.600. The number of hydrogen-bond acceptors (Lipinski definition) is 1. The number of allylic oxidation sites excluding steroid dienone is 2. The van der Waals surface area contributed by atoms with Gasteiger partial charge >= 0.3 is 0 Å². The van der Waals surface area contributed by atoms with Crippen molar-refractivity contribution >= 4 is 0 Å². The molecule has 0 aliphatic heterocycles. The molecular weight excluding hydrogens is 196 g/mol. The molecule has 1 saturated carbocycles. The molecule has 16 heavy (non-hydrogen) atoms. The molecule has 0 radical (unpaired) electrons. The normalized spacial score (nSPS) is 47.5. The molecule has 0 saturated heterocycles. The first-order valence-corrected chi connectivity index (χ1v) is 6.49. The molecule has 90 valence electrons. The second-order valence-corrected chi connectivity index (χ2v) is 6.15. The smallest absolute Gasteiger partial charge is 0.0830 e. The maximum absolute atomic E-state index is 10.4. The zero-order valence-electron chi connectivity index (χ0n) is 10.7. The first-order chi connectivity index (χ1) is 7.42. The van der Waals surface area contributed by atoms with E-state index in [1.54, 1.807) is 0 Å². The molecule has 0 aromatic heterocycles. The second-order valence-electron chi connectivity index (χ2n) is 6.15. The van der Waals surface area contributed by atoms with E-state index in [4.69, 9.17) is 0 Å². The molecule has 0 spiro atoms. The summed E-state index contributed by atoms with van der Waals surface area (Å²) in [5.41, 5.74) is 0.646. The fourth-order valence-corrected chi connectivity index (χ4v) is 3.64. The summed E-state index contributed by atoms with van der Waals surface area (Å²) in [5, 5.41) is 10.4. The quantitative estimate of drug-likeness (QED) is 0.670. The molecule has 0 aromatic carbocycles. The van der Waals surface area contributed by atoms with Gasteiger partial charge in [0, 0.05) is 5.92 Å². The molecule has 1 nitrogen and oxygen atoms in total. The van der Waals surface area contributed by atoms with Gasteiger partial charge in [0.2, 0.25) is 0 Å². The standard InChI is InChI=1S/C15H24O/c1-10(2)12-7-8-15(4,16)14-6-5-11(3)9-13(12)14/h7-8,11-14,16H,1,5-6,9H2,2-4H3/t11-,12?,13-,14+,15-/m0/s1. The highest BCUT2D eigenvalue weighted by Gasteiger charge is 2.44. The summed E-state index contributed by atoms with van der Waals surface area (Å²) in [4.78, 5) is 0. The van der Waals surface area contributed by atoms with Crippen LogP contribution in [0.1, 0.15) is 40.0 Å². The van der Waals surface area contributed by atoms with Crippen LogP contribution >= 0.6 is 0 Å². The molecule has 1 heteroatoms. The van der Waals surface area contributed by atoms with Crippen LogP contribution in [0.3, 0.4) is 0 Å². The first kappa shape index (κ1) is 11.9. The highest BCUT2D eigenvalue weighted by Crippen LogP contribution is 2.48. The van der Waals surface area contributed by atoms with Crippen LogP contribution in [0.25, 0.3) is 0 Å². The number of fused-ring (bicyclic) bond motifs is 1. The number of rotatable bonds is 1. The Morgan fingerprint density at radius 3 is 2.75 bits per heavy atom. The van der Waals surface area contributed by atoms with Crippen LogP contribution < -0.4 is 0 Å². The van der Waals surface area contributed by atoms with E-state index in [1.807, 2.05) is 13.0 Å². The third kappa shape index (κ3) is 1.98. The van der Waals surface area contributed by atoms with Crippen LogP contribution in [0.5, 0.6) is 0 Å². The Bertz CT molecular complexity index is 313. The fourth-order valence-electron chi connectivity index (χ4n) is 3.64. The molecule has 2 aliphatic carbocycles. The molecule has 0 amide bonds. The van der Waals surface area contributed by atoms with Crippen LogP contribution in [0.15, 0.2) is 24.3 Å². The predicted molar refractivity (Wildman–Crippen MR) is 68.1 cm³/mol. The lowest BCUT2D eigenvalue weighted by atomic mass is 9.59. The Morgan fingerprint density at radius 2 is 2.12 bits per heavy atom. The predicted octanol–water partition coefficient (Wildman–Crippen LogP) is 3.55. The Balaban J connectivity index is 2.30. The van der Waals surface area contributed by atoms with Gasteiger partial charge in [0.15, 0.2) is 0 Å². The van der Waals surface area contributed by atoms with E-state index >= 15 is 0 Å². The zero-order valence-corrected chi connectivity index (χ0v) is 10.7. The van der Waals surface area contributed by atoms with Crippen LogP contribution in [0.4, 0.5) is 0 Å². The summed E-state index contributed by atoms with van der Waals surface area (Å²) in [5.74, 6) is 2.30. The van der Waals surface area contributed by atoms with Gasteiger partial charge < -0.3 is 5.11 Å². The molecule has 2 aliphatic rings. The van der Waals surface area contributed by atoms with Crippen LogP contribution in [0, 0.1) is 23.7 Å². The van der Waals surface area contributed by atoms with E-state index < -0.39 is 5.60 Å². The van der Waals surface area contributed by atoms with Gasteiger partial charge in [0.1, 0.15) is 0 Å². The highest BCUT2D eigenvalue weighted by molar-refractivity contribution is 5.20. The van der Waals surface area contributed by atoms with E-state index in [9.17, 15) is 5.11 Å². The summed E-state index contributed by atoms with van der Waals surface area (Å²) >= 11 is 0. The average Bonchev–Trinajstić information content (AvgIpc) is 2.16. The fraction of sp³-hybridized carbons (Fsp3) is 0.733. The van der Waals surface area contributed by atoms with Gasteiger partial charge in [0.05, 0.1) is 5.60 Å². The molecule has 0 bridgehead atoms. The van der Waals surface area contributed by atoms with E-state index in [0.717, 1.165) is 12.3 Å². The van der Waals surface area contributed by atoms with Gasteiger partial charge in [0.25, 0.3) is 0 Å². The Labute approximate surface area is 99.3 Å². The van der Waals surface area contributed by atoms with Gasteiger partial charge in [-0.05, 0) is 44.4 Å². The number of aliphatic hydroxyl groups is 1. The van der Waals surface area contributed by atoms with Crippen molar-refractivity contribution in [2.45, 2.75) is 45.6 Å². The van der Waals surface area contributed by atoms with Crippen molar-refractivity contribution in [2.75, 3.05) is 0 Å². The van der Waals surface area contributed by atoms with Gasteiger partial charge in [-0.1, -0.05) is 37.6 Å². The Hall–Kier alpha value is -0.560. The van der Waals surface area contributed by atoms with Crippen molar-refractivity contribution in [3.05, 3.63) is 24.3 Å². The molecule has 1 fully saturated rings. The van der Waals surface area contributed by atoms with Gasteiger partial charge in [-0.2, -0.15) is 0 Å². The van der Waals surface area contributed by atoms with E-state index in [0.29, 0.717) is 17.8 Å². The lowest BCUT2D eigenvalue weighted by molar-refractivity contribution is -0.0297.